The van der Waals surface area contributed by atoms with Crippen LogP contribution < -0.4 is 5.32 Å². The van der Waals surface area contributed by atoms with Crippen molar-refractivity contribution in [1.82, 2.24) is 5.32 Å². The van der Waals surface area contributed by atoms with Crippen LogP contribution in [0.15, 0.2) is 30.3 Å². The monoisotopic (exact) mass is 372 g/mol. The van der Waals surface area contributed by atoms with Gasteiger partial charge in [-0.05, 0) is 32.8 Å². The van der Waals surface area contributed by atoms with Gasteiger partial charge in [-0.2, -0.15) is 4.65 Å². The van der Waals surface area contributed by atoms with Crippen molar-refractivity contribution in [3.8, 4) is 0 Å². The summed E-state index contributed by atoms with van der Waals surface area (Å²) >= 11 is 0. The van der Waals surface area contributed by atoms with Crippen LogP contribution in [-0.2, 0) is 25.4 Å². The summed E-state index contributed by atoms with van der Waals surface area (Å²) < 4.78 is 16.1. The molecule has 1 aromatic rings. The molecule has 1 unspecified atom stereocenters. The summed E-state index contributed by atoms with van der Waals surface area (Å²) in [6, 6.07) is 9.46. The highest BCUT2D eigenvalue weighted by molar-refractivity contribution is 7.40. The fraction of sp³-hybridized carbons (Fsp3) is 0.588. The van der Waals surface area contributed by atoms with Crippen LogP contribution in [0.25, 0.3) is 0 Å². The van der Waals surface area contributed by atoms with Crippen LogP contribution in [0.2, 0.25) is 0 Å². The molecular weight excluding hydrogens is 343 g/mol. The molecule has 0 heterocycles. The largest absolute Gasteiger partial charge is 0.445 e. The summed E-state index contributed by atoms with van der Waals surface area (Å²) in [7, 11) is -2.18. The van der Waals surface area contributed by atoms with Crippen molar-refractivity contribution < 1.29 is 28.2 Å². The number of carbonyl (C=O) groups is 1. The average Bonchev–Trinajstić information content (AvgIpc) is 2.65. The van der Waals surface area contributed by atoms with E-state index in [1.54, 1.807) is 0 Å². The van der Waals surface area contributed by atoms with Gasteiger partial charge in [0.2, 0.25) is 0 Å². The van der Waals surface area contributed by atoms with Gasteiger partial charge in [0.25, 0.3) is 0 Å². The zero-order valence-corrected chi connectivity index (χ0v) is 16.2. The van der Waals surface area contributed by atoms with Crippen LogP contribution in [0, 0.1) is 0 Å². The Morgan fingerprint density at radius 2 is 1.76 bits per heavy atom. The number of quaternary nitrogens is 1. The third-order valence-corrected chi connectivity index (χ3v) is 4.84. The van der Waals surface area contributed by atoms with Gasteiger partial charge < -0.3 is 14.6 Å². The smallest absolute Gasteiger partial charge is 0.421 e. The predicted molar refractivity (Wildman–Crippen MR) is 95.8 cm³/mol. The second-order valence-corrected chi connectivity index (χ2v) is 6.36. The van der Waals surface area contributed by atoms with Gasteiger partial charge in [0, 0.05) is 6.54 Å². The van der Waals surface area contributed by atoms with Crippen LogP contribution >= 0.6 is 8.60 Å². The molecule has 7 nitrogen and oxygen atoms in total. The number of ether oxygens (including phenoxy) is 1. The first kappa shape index (κ1) is 21.8. The molecular formula is C17H29N2O5P+. The lowest BCUT2D eigenvalue weighted by molar-refractivity contribution is -1.08. The summed E-state index contributed by atoms with van der Waals surface area (Å²) in [5.41, 5.74) is 0.930. The summed E-state index contributed by atoms with van der Waals surface area (Å²) in [6.07, 6.45) is 0.0398. The van der Waals surface area contributed by atoms with Crippen molar-refractivity contribution in [2.24, 2.45) is 0 Å². The Morgan fingerprint density at radius 3 is 2.36 bits per heavy atom. The molecule has 25 heavy (non-hydrogen) atoms. The number of carbonyl (C=O) groups excluding carboxylic acids is 1. The SMILES string of the molecule is CC[N+](CC)(CC)OP([O])OCCCNC(=O)OCc1ccccc1. The maximum Gasteiger partial charge on any atom is 0.421 e. The zero-order valence-electron chi connectivity index (χ0n) is 15.3. The number of hydroxylamine groups is 3. The van der Waals surface area contributed by atoms with Gasteiger partial charge in [-0.15, -0.1) is 9.52 Å². The maximum absolute atomic E-state index is 11.9. The molecule has 1 N–H and O–H groups in total. The quantitative estimate of drug-likeness (QED) is 0.262. The second kappa shape index (κ2) is 12.2. The number of hydrogen-bond acceptors (Lipinski definition) is 4. The highest BCUT2D eigenvalue weighted by Crippen LogP contribution is 2.38. The van der Waals surface area contributed by atoms with Crippen LogP contribution in [0.3, 0.4) is 0 Å². The Labute approximate surface area is 151 Å². The Morgan fingerprint density at radius 1 is 1.12 bits per heavy atom. The molecule has 0 fully saturated rings. The van der Waals surface area contributed by atoms with Crippen molar-refractivity contribution >= 4 is 14.7 Å². The molecule has 0 saturated heterocycles. The molecule has 0 bridgehead atoms. The van der Waals surface area contributed by atoms with E-state index in [0.717, 1.165) is 25.2 Å². The van der Waals surface area contributed by atoms with Crippen LogP contribution in [0.4, 0.5) is 4.79 Å². The number of nitrogens with one attached hydrogen (secondary N) is 1. The second-order valence-electron chi connectivity index (χ2n) is 5.49. The molecule has 0 saturated carbocycles. The number of hydrogen-bond donors (Lipinski definition) is 1. The zero-order chi connectivity index (χ0) is 18.5. The van der Waals surface area contributed by atoms with Gasteiger partial charge in [0.1, 0.15) is 26.2 Å². The van der Waals surface area contributed by atoms with Gasteiger partial charge in [-0.1, -0.05) is 30.3 Å². The molecule has 1 aromatic carbocycles. The minimum atomic E-state index is -2.18. The molecule has 0 spiro atoms. The van der Waals surface area contributed by atoms with Gasteiger partial charge in [0.05, 0.1) is 6.61 Å². The van der Waals surface area contributed by atoms with E-state index < -0.39 is 14.7 Å². The van der Waals surface area contributed by atoms with Crippen LogP contribution in [0.1, 0.15) is 32.8 Å². The van der Waals surface area contributed by atoms with Crippen molar-refractivity contribution in [2.45, 2.75) is 33.8 Å². The van der Waals surface area contributed by atoms with Crippen molar-refractivity contribution in [3.63, 3.8) is 0 Å². The number of rotatable bonds is 12. The van der Waals surface area contributed by atoms with E-state index in [9.17, 15) is 9.69 Å². The third-order valence-electron chi connectivity index (χ3n) is 3.97. The fourth-order valence-electron chi connectivity index (χ4n) is 2.18. The van der Waals surface area contributed by atoms with Gasteiger partial charge in [0.15, 0.2) is 0 Å². The van der Waals surface area contributed by atoms with E-state index in [2.05, 4.69) is 5.32 Å². The lowest BCUT2D eigenvalue weighted by Crippen LogP contribution is -2.45. The van der Waals surface area contributed by atoms with E-state index in [0.29, 0.717) is 17.6 Å². The molecule has 1 amide bonds. The minimum absolute atomic E-state index is 0.230. The fourth-order valence-corrected chi connectivity index (χ4v) is 3.14. The van der Waals surface area contributed by atoms with Crippen molar-refractivity contribution in [1.29, 1.82) is 0 Å². The molecule has 0 aliphatic rings. The van der Waals surface area contributed by atoms with E-state index in [1.165, 1.54) is 0 Å². The lowest BCUT2D eigenvalue weighted by Gasteiger charge is -2.32. The molecule has 0 aromatic heterocycles. The predicted octanol–water partition coefficient (Wildman–Crippen LogP) is 3.79. The molecule has 0 aliphatic heterocycles. The summed E-state index contributed by atoms with van der Waals surface area (Å²) in [6.45, 7) is 9.00. The lowest BCUT2D eigenvalue weighted by atomic mass is 10.2. The Bertz CT molecular complexity index is 477. The van der Waals surface area contributed by atoms with E-state index in [-0.39, 0.29) is 13.2 Å². The highest BCUT2D eigenvalue weighted by Gasteiger charge is 2.29. The van der Waals surface area contributed by atoms with E-state index in [1.807, 2.05) is 51.1 Å². The first-order valence-corrected chi connectivity index (χ1v) is 9.75. The molecule has 1 rings (SSSR count). The summed E-state index contributed by atoms with van der Waals surface area (Å²) in [4.78, 5) is 23.4. The van der Waals surface area contributed by atoms with Crippen LogP contribution in [-0.4, -0.2) is 43.5 Å². The molecule has 1 atom stereocenters. The molecule has 141 valence electrons. The minimum Gasteiger partial charge on any atom is -0.445 e. The number of nitrogens with zero attached hydrogens (tertiary/aromatic N) is 1. The topological polar surface area (TPSA) is 76.7 Å². The number of amides is 1. The van der Waals surface area contributed by atoms with Crippen LogP contribution in [0.5, 0.6) is 0 Å². The summed E-state index contributed by atoms with van der Waals surface area (Å²) in [5, 5.41) is 2.63. The first-order chi connectivity index (χ1) is 12.0. The standard InChI is InChI=1S/C17H28N2O5P/c1-4-19(5-2,6-3)24-25(21)23-14-10-13-18-17(20)22-15-16-11-8-7-9-12-16/h7-9,11-12H,4-6,10,13-15H2,1-3H3/p+1. The Hall–Kier alpha value is -1.24. The van der Waals surface area contributed by atoms with Crippen molar-refractivity contribution in [3.05, 3.63) is 35.9 Å². The molecule has 8 heteroatoms. The van der Waals surface area contributed by atoms with E-state index >= 15 is 0 Å². The van der Waals surface area contributed by atoms with E-state index in [4.69, 9.17) is 13.9 Å². The average molecular weight is 372 g/mol. The number of benzene rings is 1. The number of alkyl carbamates (subject to hydrolysis) is 1. The van der Waals surface area contributed by atoms with Crippen molar-refractivity contribution in [2.75, 3.05) is 32.8 Å². The molecule has 0 aliphatic carbocycles. The maximum atomic E-state index is 11.9. The van der Waals surface area contributed by atoms with Gasteiger partial charge in [-0.3, -0.25) is 0 Å². The van der Waals surface area contributed by atoms with Gasteiger partial charge >= 0.3 is 14.7 Å². The molecule has 1 radical (unpaired) electrons. The van der Waals surface area contributed by atoms with Gasteiger partial charge in [-0.25, -0.2) is 4.79 Å². The Balaban J connectivity index is 2.11. The normalized spacial score (nSPS) is 12.6. The Kier molecular flexibility index (Phi) is 10.6. The summed E-state index contributed by atoms with van der Waals surface area (Å²) in [5.74, 6) is 0. The third kappa shape index (κ3) is 8.61. The first-order valence-electron chi connectivity index (χ1n) is 8.65. The highest BCUT2D eigenvalue weighted by atomic mass is 31.2.